The Bertz CT molecular complexity index is 829. The molecule has 0 bridgehead atoms. The van der Waals surface area contributed by atoms with E-state index in [9.17, 15) is 17.6 Å². The highest BCUT2D eigenvalue weighted by atomic mass is 19.2. The number of fused-ring (bicyclic) bond motifs is 1. The molecule has 2 aromatic rings. The van der Waals surface area contributed by atoms with E-state index in [0.717, 1.165) is 36.1 Å². The van der Waals surface area contributed by atoms with Gasteiger partial charge in [0.05, 0.1) is 0 Å². The minimum atomic E-state index is -1.54. The molecule has 4 heteroatoms. The molecule has 1 aliphatic carbocycles. The summed E-state index contributed by atoms with van der Waals surface area (Å²) in [7, 11) is 0. The lowest BCUT2D eigenvalue weighted by atomic mass is 9.87. The zero-order valence-corrected chi connectivity index (χ0v) is 15.6. The van der Waals surface area contributed by atoms with Crippen molar-refractivity contribution in [3.63, 3.8) is 0 Å². The largest absolute Gasteiger partial charge is 0.206 e. The smallest absolute Gasteiger partial charge is 0.194 e. The van der Waals surface area contributed by atoms with Crippen molar-refractivity contribution in [3.05, 3.63) is 70.3 Å². The van der Waals surface area contributed by atoms with E-state index in [1.54, 1.807) is 6.07 Å². The number of hydrogen-bond acceptors (Lipinski definition) is 0. The van der Waals surface area contributed by atoms with Crippen molar-refractivity contribution in [1.82, 2.24) is 0 Å². The molecular formula is C23H24F4. The van der Waals surface area contributed by atoms with Gasteiger partial charge in [-0.25, -0.2) is 17.6 Å². The van der Waals surface area contributed by atoms with Crippen molar-refractivity contribution < 1.29 is 17.6 Å². The van der Waals surface area contributed by atoms with Crippen LogP contribution in [0.2, 0.25) is 0 Å². The molecule has 0 heterocycles. The highest BCUT2D eigenvalue weighted by Crippen LogP contribution is 2.32. The van der Waals surface area contributed by atoms with Crippen molar-refractivity contribution in [2.24, 2.45) is 0 Å². The van der Waals surface area contributed by atoms with E-state index in [0.29, 0.717) is 12.8 Å². The molecule has 144 valence electrons. The molecule has 0 radical (unpaired) electrons. The molecule has 2 aromatic carbocycles. The van der Waals surface area contributed by atoms with Crippen molar-refractivity contribution >= 4 is 0 Å². The number of allylic oxidation sites excluding steroid dienone is 2. The Balaban J connectivity index is 1.75. The van der Waals surface area contributed by atoms with Crippen LogP contribution in [0.1, 0.15) is 56.6 Å². The van der Waals surface area contributed by atoms with E-state index in [1.807, 2.05) is 0 Å². The fourth-order valence-corrected chi connectivity index (χ4v) is 3.66. The van der Waals surface area contributed by atoms with Gasteiger partial charge in [-0.2, -0.15) is 0 Å². The summed E-state index contributed by atoms with van der Waals surface area (Å²) >= 11 is 0. The third kappa shape index (κ3) is 4.60. The van der Waals surface area contributed by atoms with Crippen LogP contribution in [0.25, 0.3) is 11.1 Å². The van der Waals surface area contributed by atoms with Crippen LogP contribution >= 0.6 is 0 Å². The van der Waals surface area contributed by atoms with Crippen molar-refractivity contribution in [3.8, 4) is 11.1 Å². The summed E-state index contributed by atoms with van der Waals surface area (Å²) in [5.74, 6) is -4.70. The van der Waals surface area contributed by atoms with Crippen LogP contribution in [-0.4, -0.2) is 0 Å². The summed E-state index contributed by atoms with van der Waals surface area (Å²) in [5, 5.41) is 0. The van der Waals surface area contributed by atoms with Gasteiger partial charge in [0.2, 0.25) is 0 Å². The molecule has 0 aliphatic heterocycles. The summed E-state index contributed by atoms with van der Waals surface area (Å²) in [6.07, 6.45) is 10.7. The molecule has 3 rings (SSSR count). The standard InChI is InChI=1S/C23H24F4/c1-2-3-4-5-6-7-15-8-9-16-11-19(20(24)12-17(16)10-15)18-13-21(25)23(27)22(26)14-18/h8,11-14H,2-7,9-10H2,1H3. The first kappa shape index (κ1) is 19.7. The van der Waals surface area contributed by atoms with Crippen molar-refractivity contribution in [2.45, 2.75) is 58.3 Å². The van der Waals surface area contributed by atoms with E-state index in [-0.39, 0.29) is 11.1 Å². The second-order valence-corrected chi connectivity index (χ2v) is 7.26. The maximum absolute atomic E-state index is 14.6. The van der Waals surface area contributed by atoms with Gasteiger partial charge in [0.1, 0.15) is 5.82 Å². The molecule has 0 saturated heterocycles. The van der Waals surface area contributed by atoms with E-state index in [2.05, 4.69) is 13.0 Å². The second-order valence-electron chi connectivity index (χ2n) is 7.26. The summed E-state index contributed by atoms with van der Waals surface area (Å²) in [6.45, 7) is 2.19. The predicted octanol–water partition coefficient (Wildman–Crippen LogP) is 7.30. The predicted molar refractivity (Wildman–Crippen MR) is 101 cm³/mol. The molecule has 0 N–H and O–H groups in total. The van der Waals surface area contributed by atoms with Crippen LogP contribution in [0.15, 0.2) is 35.9 Å². The lowest BCUT2D eigenvalue weighted by Gasteiger charge is -2.19. The lowest BCUT2D eigenvalue weighted by Crippen LogP contribution is -2.05. The fraction of sp³-hybridized carbons (Fsp3) is 0.391. The molecule has 0 fully saturated rings. The lowest BCUT2D eigenvalue weighted by molar-refractivity contribution is 0.447. The molecule has 0 spiro atoms. The molecule has 1 aliphatic rings. The average molecular weight is 376 g/mol. The highest BCUT2D eigenvalue weighted by molar-refractivity contribution is 5.66. The maximum atomic E-state index is 14.6. The van der Waals surface area contributed by atoms with E-state index < -0.39 is 23.3 Å². The first-order valence-electron chi connectivity index (χ1n) is 9.63. The van der Waals surface area contributed by atoms with Gasteiger partial charge in [-0.1, -0.05) is 44.3 Å². The first-order valence-corrected chi connectivity index (χ1v) is 9.63. The molecule has 0 unspecified atom stereocenters. The Morgan fingerprint density at radius 1 is 0.778 bits per heavy atom. The van der Waals surface area contributed by atoms with Gasteiger partial charge in [-0.3, -0.25) is 0 Å². The molecule has 27 heavy (non-hydrogen) atoms. The van der Waals surface area contributed by atoms with Crippen LogP contribution < -0.4 is 0 Å². The Labute approximate surface area is 157 Å². The van der Waals surface area contributed by atoms with Gasteiger partial charge in [0.25, 0.3) is 0 Å². The number of rotatable bonds is 7. The highest BCUT2D eigenvalue weighted by Gasteiger charge is 2.18. The van der Waals surface area contributed by atoms with Gasteiger partial charge < -0.3 is 0 Å². The topological polar surface area (TPSA) is 0 Å². The number of unbranched alkanes of at least 4 members (excludes halogenated alkanes) is 4. The molecule has 0 saturated carbocycles. The summed E-state index contributed by atoms with van der Waals surface area (Å²) in [5.41, 5.74) is 3.31. The van der Waals surface area contributed by atoms with Crippen molar-refractivity contribution in [2.75, 3.05) is 0 Å². The minimum Gasteiger partial charge on any atom is -0.206 e. The van der Waals surface area contributed by atoms with Gasteiger partial charge in [-0.05, 0) is 66.6 Å². The zero-order valence-electron chi connectivity index (χ0n) is 15.6. The van der Waals surface area contributed by atoms with Crippen LogP contribution in [0, 0.1) is 23.3 Å². The maximum Gasteiger partial charge on any atom is 0.194 e. The Morgan fingerprint density at radius 2 is 1.48 bits per heavy atom. The quantitative estimate of drug-likeness (QED) is 0.206. The number of benzene rings is 2. The second kappa shape index (κ2) is 8.73. The van der Waals surface area contributed by atoms with Gasteiger partial charge in [0, 0.05) is 5.56 Å². The molecule has 0 aromatic heterocycles. The Kier molecular flexibility index (Phi) is 6.35. The molecule has 0 nitrogen and oxygen atoms in total. The average Bonchev–Trinajstić information content (AvgIpc) is 2.65. The van der Waals surface area contributed by atoms with E-state index in [1.165, 1.54) is 37.3 Å². The SMILES string of the molecule is CCCCCCCC1=CCc2cc(-c3cc(F)c(F)c(F)c3)c(F)cc2C1. The summed E-state index contributed by atoms with van der Waals surface area (Å²) in [4.78, 5) is 0. The van der Waals surface area contributed by atoms with Crippen LogP contribution in [0.5, 0.6) is 0 Å². The molecule has 0 atom stereocenters. The van der Waals surface area contributed by atoms with E-state index in [4.69, 9.17) is 0 Å². The van der Waals surface area contributed by atoms with Crippen molar-refractivity contribution in [1.29, 1.82) is 0 Å². The number of hydrogen-bond donors (Lipinski definition) is 0. The van der Waals surface area contributed by atoms with Crippen LogP contribution in [0.4, 0.5) is 17.6 Å². The Hall–Kier alpha value is -2.10. The fourth-order valence-electron chi connectivity index (χ4n) is 3.66. The summed E-state index contributed by atoms with van der Waals surface area (Å²) < 4.78 is 54.7. The first-order chi connectivity index (χ1) is 13.0. The van der Waals surface area contributed by atoms with Gasteiger partial charge in [-0.15, -0.1) is 0 Å². The molecule has 0 amide bonds. The normalized spacial score (nSPS) is 13.4. The Morgan fingerprint density at radius 3 is 2.19 bits per heavy atom. The van der Waals surface area contributed by atoms with Crippen LogP contribution in [-0.2, 0) is 12.8 Å². The number of halogens is 4. The van der Waals surface area contributed by atoms with E-state index >= 15 is 0 Å². The van der Waals surface area contributed by atoms with Gasteiger partial charge >= 0.3 is 0 Å². The molecular weight excluding hydrogens is 352 g/mol. The minimum absolute atomic E-state index is 0.0115. The zero-order chi connectivity index (χ0) is 19.4. The third-order valence-electron chi connectivity index (χ3n) is 5.21. The van der Waals surface area contributed by atoms with Crippen LogP contribution in [0.3, 0.4) is 0 Å². The summed E-state index contributed by atoms with van der Waals surface area (Å²) in [6, 6.07) is 4.76. The van der Waals surface area contributed by atoms with Gasteiger partial charge in [0.15, 0.2) is 17.5 Å². The third-order valence-corrected chi connectivity index (χ3v) is 5.21. The monoisotopic (exact) mass is 376 g/mol.